The van der Waals surface area contributed by atoms with Crippen LogP contribution in [-0.2, 0) is 6.54 Å². The van der Waals surface area contributed by atoms with E-state index in [0.29, 0.717) is 12.1 Å². The highest BCUT2D eigenvalue weighted by Crippen LogP contribution is 2.19. The van der Waals surface area contributed by atoms with E-state index in [1.807, 2.05) is 12.4 Å². The Kier molecular flexibility index (Phi) is 3.03. The minimum absolute atomic E-state index is 0.335. The van der Waals surface area contributed by atoms with Crippen molar-refractivity contribution in [2.24, 2.45) is 5.73 Å². The summed E-state index contributed by atoms with van der Waals surface area (Å²) in [6.45, 7) is 6.44. The molecule has 0 bridgehead atoms. The van der Waals surface area contributed by atoms with Gasteiger partial charge in [0.25, 0.3) is 0 Å². The average molecular weight is 205 g/mol. The smallest absolute Gasteiger partial charge is 0.0315 e. The van der Waals surface area contributed by atoms with Gasteiger partial charge in [-0.1, -0.05) is 0 Å². The molecule has 1 aromatic heterocycles. The quantitative estimate of drug-likeness (QED) is 0.791. The third-order valence-corrected chi connectivity index (χ3v) is 3.47. The fourth-order valence-corrected chi connectivity index (χ4v) is 2.13. The van der Waals surface area contributed by atoms with Crippen LogP contribution in [0.4, 0.5) is 0 Å². The van der Waals surface area contributed by atoms with Gasteiger partial charge in [-0.25, -0.2) is 0 Å². The highest BCUT2D eigenvalue weighted by Gasteiger charge is 2.27. The van der Waals surface area contributed by atoms with Gasteiger partial charge in [-0.2, -0.15) is 0 Å². The van der Waals surface area contributed by atoms with Crippen molar-refractivity contribution in [1.82, 2.24) is 9.88 Å². The standard InChI is InChI=1S/C12H19N3/c1-9-3-5-14-7-11(9)8-15-6-4-12(13)10(15)2/h3,5,7,10,12H,4,6,8,13H2,1-2H3. The van der Waals surface area contributed by atoms with E-state index >= 15 is 0 Å². The summed E-state index contributed by atoms with van der Waals surface area (Å²) in [6.07, 6.45) is 4.92. The van der Waals surface area contributed by atoms with Crippen molar-refractivity contribution in [1.29, 1.82) is 0 Å². The van der Waals surface area contributed by atoms with E-state index in [9.17, 15) is 0 Å². The maximum atomic E-state index is 6.00. The summed E-state index contributed by atoms with van der Waals surface area (Å²) in [7, 11) is 0. The third-order valence-electron chi connectivity index (χ3n) is 3.47. The highest BCUT2D eigenvalue weighted by atomic mass is 15.2. The molecule has 0 aliphatic carbocycles. The Morgan fingerprint density at radius 1 is 1.60 bits per heavy atom. The number of aryl methyl sites for hydroxylation is 1. The number of nitrogens with two attached hydrogens (primary N) is 1. The second kappa shape index (κ2) is 4.29. The van der Waals surface area contributed by atoms with E-state index in [-0.39, 0.29) is 0 Å². The Bertz CT molecular complexity index is 337. The van der Waals surface area contributed by atoms with Crippen molar-refractivity contribution < 1.29 is 0 Å². The van der Waals surface area contributed by atoms with Crippen molar-refractivity contribution in [3.8, 4) is 0 Å². The SMILES string of the molecule is Cc1ccncc1CN1CCC(N)C1C. The van der Waals surface area contributed by atoms with Crippen LogP contribution in [-0.4, -0.2) is 28.5 Å². The zero-order valence-corrected chi connectivity index (χ0v) is 9.48. The molecule has 0 radical (unpaired) electrons. The molecule has 2 N–H and O–H groups in total. The first kappa shape index (κ1) is 10.6. The number of aromatic nitrogens is 1. The maximum Gasteiger partial charge on any atom is 0.0315 e. The molecule has 0 amide bonds. The van der Waals surface area contributed by atoms with Crippen LogP contribution in [0.2, 0.25) is 0 Å². The Labute approximate surface area is 91.3 Å². The molecular weight excluding hydrogens is 186 g/mol. The first-order chi connectivity index (χ1) is 7.18. The molecule has 15 heavy (non-hydrogen) atoms. The fraction of sp³-hybridized carbons (Fsp3) is 0.583. The lowest BCUT2D eigenvalue weighted by Crippen LogP contribution is -2.36. The summed E-state index contributed by atoms with van der Waals surface area (Å²) in [5, 5.41) is 0. The number of likely N-dealkylation sites (tertiary alicyclic amines) is 1. The number of hydrogen-bond acceptors (Lipinski definition) is 3. The van der Waals surface area contributed by atoms with Gasteiger partial charge < -0.3 is 5.73 Å². The largest absolute Gasteiger partial charge is 0.326 e. The van der Waals surface area contributed by atoms with Crippen LogP contribution in [0.3, 0.4) is 0 Å². The molecule has 82 valence electrons. The van der Waals surface area contributed by atoms with Crippen LogP contribution in [0.5, 0.6) is 0 Å². The zero-order chi connectivity index (χ0) is 10.8. The van der Waals surface area contributed by atoms with Gasteiger partial charge in [0.2, 0.25) is 0 Å². The normalized spacial score (nSPS) is 27.1. The summed E-state index contributed by atoms with van der Waals surface area (Å²) >= 11 is 0. The molecule has 2 rings (SSSR count). The topological polar surface area (TPSA) is 42.2 Å². The Hall–Kier alpha value is -0.930. The van der Waals surface area contributed by atoms with E-state index in [4.69, 9.17) is 5.73 Å². The summed E-state index contributed by atoms with van der Waals surface area (Å²) in [5.74, 6) is 0. The maximum absolute atomic E-state index is 6.00. The lowest BCUT2D eigenvalue weighted by atomic mass is 10.1. The van der Waals surface area contributed by atoms with Gasteiger partial charge in [0.05, 0.1) is 0 Å². The fourth-order valence-electron chi connectivity index (χ4n) is 2.13. The van der Waals surface area contributed by atoms with Crippen LogP contribution in [0, 0.1) is 6.92 Å². The van der Waals surface area contributed by atoms with Crippen LogP contribution >= 0.6 is 0 Å². The van der Waals surface area contributed by atoms with Gasteiger partial charge in [0.1, 0.15) is 0 Å². The van der Waals surface area contributed by atoms with E-state index in [2.05, 4.69) is 29.8 Å². The molecule has 1 aliphatic rings. The van der Waals surface area contributed by atoms with Crippen LogP contribution in [0.15, 0.2) is 18.5 Å². The minimum Gasteiger partial charge on any atom is -0.326 e. The first-order valence-corrected chi connectivity index (χ1v) is 5.57. The molecule has 1 saturated heterocycles. The highest BCUT2D eigenvalue weighted by molar-refractivity contribution is 5.21. The molecule has 0 spiro atoms. The van der Waals surface area contributed by atoms with E-state index in [1.54, 1.807) is 0 Å². The van der Waals surface area contributed by atoms with Crippen LogP contribution < -0.4 is 5.73 Å². The molecule has 1 aromatic rings. The molecule has 3 nitrogen and oxygen atoms in total. The third kappa shape index (κ3) is 2.19. The van der Waals surface area contributed by atoms with Crippen molar-refractivity contribution in [3.63, 3.8) is 0 Å². The molecule has 2 atom stereocenters. The molecule has 0 aromatic carbocycles. The van der Waals surface area contributed by atoms with Gasteiger partial charge in [-0.15, -0.1) is 0 Å². The van der Waals surface area contributed by atoms with Gasteiger partial charge in [-0.3, -0.25) is 9.88 Å². The number of hydrogen-bond donors (Lipinski definition) is 1. The Morgan fingerprint density at radius 2 is 2.40 bits per heavy atom. The van der Waals surface area contributed by atoms with E-state index < -0.39 is 0 Å². The lowest BCUT2D eigenvalue weighted by molar-refractivity contribution is 0.251. The van der Waals surface area contributed by atoms with Crippen molar-refractivity contribution >= 4 is 0 Å². The van der Waals surface area contributed by atoms with E-state index in [1.165, 1.54) is 11.1 Å². The summed E-state index contributed by atoms with van der Waals surface area (Å²) < 4.78 is 0. The summed E-state index contributed by atoms with van der Waals surface area (Å²) in [6, 6.07) is 2.89. The second-order valence-corrected chi connectivity index (χ2v) is 4.47. The van der Waals surface area contributed by atoms with Gasteiger partial charge in [0.15, 0.2) is 0 Å². The van der Waals surface area contributed by atoms with Crippen LogP contribution in [0.1, 0.15) is 24.5 Å². The lowest BCUT2D eigenvalue weighted by Gasteiger charge is -2.23. The molecule has 1 fully saturated rings. The van der Waals surface area contributed by atoms with E-state index in [0.717, 1.165) is 19.5 Å². The van der Waals surface area contributed by atoms with Crippen molar-refractivity contribution in [2.45, 2.75) is 38.9 Å². The predicted octanol–water partition coefficient (Wildman–Crippen LogP) is 1.31. The van der Waals surface area contributed by atoms with Gasteiger partial charge in [0, 0.05) is 37.6 Å². The van der Waals surface area contributed by atoms with Crippen molar-refractivity contribution in [2.75, 3.05) is 6.54 Å². The molecule has 0 saturated carbocycles. The number of pyridine rings is 1. The van der Waals surface area contributed by atoms with Crippen LogP contribution in [0.25, 0.3) is 0 Å². The molecular formula is C12H19N3. The Balaban J connectivity index is 2.07. The predicted molar refractivity (Wildman–Crippen MR) is 61.4 cm³/mol. The summed E-state index contributed by atoms with van der Waals surface area (Å²) in [5.41, 5.74) is 8.64. The number of nitrogens with zero attached hydrogens (tertiary/aromatic N) is 2. The average Bonchev–Trinajstić information content (AvgIpc) is 2.53. The molecule has 3 heteroatoms. The van der Waals surface area contributed by atoms with Gasteiger partial charge >= 0.3 is 0 Å². The summed E-state index contributed by atoms with van der Waals surface area (Å²) in [4.78, 5) is 6.61. The molecule has 2 unspecified atom stereocenters. The molecule has 1 aliphatic heterocycles. The Morgan fingerprint density at radius 3 is 3.00 bits per heavy atom. The van der Waals surface area contributed by atoms with Crippen molar-refractivity contribution in [3.05, 3.63) is 29.6 Å². The zero-order valence-electron chi connectivity index (χ0n) is 9.48. The minimum atomic E-state index is 0.335. The van der Waals surface area contributed by atoms with Gasteiger partial charge in [-0.05, 0) is 37.5 Å². The first-order valence-electron chi connectivity index (χ1n) is 5.57. The number of rotatable bonds is 2. The second-order valence-electron chi connectivity index (χ2n) is 4.47. The molecule has 2 heterocycles. The monoisotopic (exact) mass is 205 g/mol.